The topological polar surface area (TPSA) is 26.3 Å². The minimum absolute atomic E-state index is 0.238. The van der Waals surface area contributed by atoms with Crippen LogP contribution in [0.5, 0.6) is 0 Å². The number of rotatable bonds is 9. The van der Waals surface area contributed by atoms with E-state index < -0.39 is 21.1 Å². The second-order valence-electron chi connectivity index (χ2n) is 3.50. The summed E-state index contributed by atoms with van der Waals surface area (Å²) in [5.74, 6) is -0.455. The highest BCUT2D eigenvalue weighted by Crippen LogP contribution is 2.19. The average Bonchev–Trinajstić information content (AvgIpc) is 2.20. The van der Waals surface area contributed by atoms with E-state index in [1.54, 1.807) is 0 Å². The third-order valence-electron chi connectivity index (χ3n) is 2.02. The van der Waals surface area contributed by atoms with E-state index in [0.29, 0.717) is 19.4 Å². The molecule has 6 heteroatoms. The zero-order chi connectivity index (χ0) is 12.4. The van der Waals surface area contributed by atoms with Crippen LogP contribution < -0.4 is 0 Å². The van der Waals surface area contributed by atoms with Gasteiger partial charge in [-0.25, -0.2) is 17.1 Å². The van der Waals surface area contributed by atoms with Crippen molar-refractivity contribution in [2.45, 2.75) is 38.1 Å². The highest BCUT2D eigenvalue weighted by molar-refractivity contribution is 6.58. The Morgan fingerprint density at radius 1 is 1.12 bits per heavy atom. The molecule has 16 heavy (non-hydrogen) atoms. The van der Waals surface area contributed by atoms with Gasteiger partial charge in [0.15, 0.2) is 0 Å². The first-order valence-electron chi connectivity index (χ1n) is 5.31. The molecular weight excluding hydrogens is 237 g/mol. The summed E-state index contributed by atoms with van der Waals surface area (Å²) in [5.41, 5.74) is 0. The van der Waals surface area contributed by atoms with Crippen LogP contribution >= 0.6 is 0 Å². The van der Waals surface area contributed by atoms with E-state index in [2.05, 4.69) is 6.58 Å². The van der Waals surface area contributed by atoms with Crippen molar-refractivity contribution in [2.75, 3.05) is 6.61 Å². The summed E-state index contributed by atoms with van der Waals surface area (Å²) in [6, 6.07) is -0.571. The molecule has 0 amide bonds. The molecule has 0 fully saturated rings. The molecule has 0 aromatic heterocycles. The van der Waals surface area contributed by atoms with E-state index in [1.807, 2.05) is 0 Å². The number of unbranched alkanes of at least 4 members (excludes halogenated alkanes) is 4. The average molecular weight is 254 g/mol. The van der Waals surface area contributed by atoms with Crippen LogP contribution in [0.2, 0.25) is 6.04 Å². The van der Waals surface area contributed by atoms with Gasteiger partial charge in [0.1, 0.15) is 0 Å². The molecule has 0 bridgehead atoms. The van der Waals surface area contributed by atoms with Gasteiger partial charge in [-0.3, -0.25) is 0 Å². The van der Waals surface area contributed by atoms with E-state index in [0.717, 1.165) is 18.9 Å². The van der Waals surface area contributed by atoms with Gasteiger partial charge in [0, 0.05) is 12.1 Å². The molecule has 0 aliphatic carbocycles. The van der Waals surface area contributed by atoms with Crippen molar-refractivity contribution in [2.24, 2.45) is 0 Å². The van der Waals surface area contributed by atoms with Crippen LogP contribution in [0.3, 0.4) is 0 Å². The summed E-state index contributed by atoms with van der Waals surface area (Å²) in [6.45, 7) is 3.56. The lowest BCUT2D eigenvalue weighted by molar-refractivity contribution is -0.137. The molecule has 0 spiro atoms. The van der Waals surface area contributed by atoms with Crippen molar-refractivity contribution >= 4 is 15.0 Å². The van der Waals surface area contributed by atoms with Crippen molar-refractivity contribution in [3.63, 3.8) is 0 Å². The van der Waals surface area contributed by atoms with Crippen molar-refractivity contribution in [1.82, 2.24) is 0 Å². The maximum atomic E-state index is 11.9. The highest BCUT2D eigenvalue weighted by atomic mass is 28.5. The third-order valence-corrected chi connectivity index (χ3v) is 2.94. The lowest BCUT2D eigenvalue weighted by atomic mass is 10.2. The second kappa shape index (κ2) is 8.38. The maximum Gasteiger partial charge on any atom is 0.616 e. The zero-order valence-corrected chi connectivity index (χ0v) is 10.2. The third kappa shape index (κ3) is 11.3. The molecule has 0 rings (SSSR count). The van der Waals surface area contributed by atoms with E-state index in [4.69, 9.17) is 4.74 Å². The maximum absolute atomic E-state index is 11.9. The molecule has 0 atom stereocenters. The van der Waals surface area contributed by atoms with Gasteiger partial charge in [0.25, 0.3) is 0 Å². The van der Waals surface area contributed by atoms with Crippen molar-refractivity contribution in [1.29, 1.82) is 0 Å². The van der Waals surface area contributed by atoms with Crippen LogP contribution in [-0.2, 0) is 9.53 Å². The first kappa shape index (κ1) is 15.2. The standard InChI is InChI=1S/C10H17F3O2Si/c1-2-10(14)15-8-6-4-3-5-7-9-16(11,12)13/h2H,1,3-9H2. The van der Waals surface area contributed by atoms with E-state index >= 15 is 0 Å². The summed E-state index contributed by atoms with van der Waals surface area (Å²) in [5, 5.41) is 0. The number of carbonyl (C=O) groups is 1. The minimum atomic E-state index is -5.33. The first-order chi connectivity index (χ1) is 7.45. The lowest BCUT2D eigenvalue weighted by Gasteiger charge is -2.03. The molecule has 0 unspecified atom stereocenters. The van der Waals surface area contributed by atoms with Crippen LogP contribution in [0.4, 0.5) is 12.3 Å². The molecule has 0 heterocycles. The van der Waals surface area contributed by atoms with Gasteiger partial charge in [-0.05, 0) is 12.8 Å². The zero-order valence-electron chi connectivity index (χ0n) is 9.18. The fraction of sp³-hybridized carbons (Fsp3) is 0.700. The molecule has 2 nitrogen and oxygen atoms in total. The Kier molecular flexibility index (Phi) is 7.97. The summed E-state index contributed by atoms with van der Waals surface area (Å²) >= 11 is 0. The van der Waals surface area contributed by atoms with Crippen molar-refractivity contribution in [3.05, 3.63) is 12.7 Å². The van der Waals surface area contributed by atoms with Gasteiger partial charge in [0.2, 0.25) is 0 Å². The lowest BCUT2D eigenvalue weighted by Crippen LogP contribution is -2.13. The van der Waals surface area contributed by atoms with E-state index in [1.165, 1.54) is 0 Å². The van der Waals surface area contributed by atoms with Crippen molar-refractivity contribution < 1.29 is 21.9 Å². The smallest absolute Gasteiger partial charge is 0.463 e. The SMILES string of the molecule is C=CC(=O)OCCCCCCC[Si](F)(F)F. The number of ether oxygens (including phenoxy) is 1. The van der Waals surface area contributed by atoms with E-state index in [-0.39, 0.29) is 6.42 Å². The molecule has 0 radical (unpaired) electrons. The van der Waals surface area contributed by atoms with Crippen LogP contribution in [0.25, 0.3) is 0 Å². The Bertz CT molecular complexity index is 217. The Morgan fingerprint density at radius 3 is 2.25 bits per heavy atom. The summed E-state index contributed by atoms with van der Waals surface area (Å²) in [4.78, 5) is 10.6. The Labute approximate surface area is 95.0 Å². The molecule has 0 saturated heterocycles. The fourth-order valence-electron chi connectivity index (χ4n) is 1.19. The van der Waals surface area contributed by atoms with Gasteiger partial charge < -0.3 is 4.74 Å². The van der Waals surface area contributed by atoms with Gasteiger partial charge in [0.05, 0.1) is 6.61 Å². The molecular formula is C10H17F3O2Si. The monoisotopic (exact) mass is 254 g/mol. The van der Waals surface area contributed by atoms with Crippen LogP contribution in [-0.4, -0.2) is 21.7 Å². The van der Waals surface area contributed by atoms with Crippen LogP contribution in [0, 0.1) is 0 Å². The van der Waals surface area contributed by atoms with Crippen LogP contribution in [0.15, 0.2) is 12.7 Å². The van der Waals surface area contributed by atoms with Gasteiger partial charge >= 0.3 is 15.0 Å². The van der Waals surface area contributed by atoms with Gasteiger partial charge in [-0.15, -0.1) is 0 Å². The number of carbonyl (C=O) groups excluding carboxylic acids is 1. The predicted molar refractivity (Wildman–Crippen MR) is 58.1 cm³/mol. The van der Waals surface area contributed by atoms with Gasteiger partial charge in [-0.2, -0.15) is 0 Å². The second-order valence-corrected chi connectivity index (χ2v) is 5.23. The minimum Gasteiger partial charge on any atom is -0.463 e. The summed E-state index contributed by atoms with van der Waals surface area (Å²) in [6.07, 6.45) is 4.18. The molecule has 0 aromatic carbocycles. The number of hydrogen-bond acceptors (Lipinski definition) is 2. The number of hydrogen-bond donors (Lipinski definition) is 0. The van der Waals surface area contributed by atoms with Crippen molar-refractivity contribution in [3.8, 4) is 0 Å². The first-order valence-corrected chi connectivity index (χ1v) is 7.16. The Hall–Kier alpha value is -0.783. The summed E-state index contributed by atoms with van der Waals surface area (Å²) in [7, 11) is -5.33. The molecule has 94 valence electrons. The van der Waals surface area contributed by atoms with Gasteiger partial charge in [-0.1, -0.05) is 25.8 Å². The van der Waals surface area contributed by atoms with Crippen LogP contribution in [0.1, 0.15) is 32.1 Å². The Balaban J connectivity index is 3.16. The molecule has 0 aliphatic heterocycles. The quantitative estimate of drug-likeness (QED) is 0.207. The number of halogens is 3. The molecule has 0 aliphatic rings. The molecule has 0 N–H and O–H groups in total. The largest absolute Gasteiger partial charge is 0.616 e. The van der Waals surface area contributed by atoms with E-state index in [9.17, 15) is 17.1 Å². The molecule has 0 saturated carbocycles. The molecule has 0 aromatic rings. The highest BCUT2D eigenvalue weighted by Gasteiger charge is 2.35. The fourth-order valence-corrected chi connectivity index (χ4v) is 1.84. The number of esters is 1. The predicted octanol–water partition coefficient (Wildman–Crippen LogP) is 3.51. The normalized spacial score (nSPS) is 11.2. The summed E-state index contributed by atoms with van der Waals surface area (Å²) < 4.78 is 40.4. The Morgan fingerprint density at radius 2 is 1.69 bits per heavy atom.